The highest BCUT2D eigenvalue weighted by Crippen LogP contribution is 2.22. The van der Waals surface area contributed by atoms with Crippen LogP contribution in [0.5, 0.6) is 0 Å². The summed E-state index contributed by atoms with van der Waals surface area (Å²) in [6, 6.07) is 4.19. The first-order valence-electron chi connectivity index (χ1n) is 5.94. The van der Waals surface area contributed by atoms with E-state index in [1.165, 1.54) is 0 Å². The second-order valence-electron chi connectivity index (χ2n) is 4.07. The molecule has 4 N–H and O–H groups in total. The third-order valence-corrected chi connectivity index (χ3v) is 3.44. The van der Waals surface area contributed by atoms with E-state index in [2.05, 4.69) is 36.7 Å². The Morgan fingerprint density at radius 2 is 1.79 bits per heavy atom. The molecule has 0 atom stereocenters. The van der Waals surface area contributed by atoms with E-state index >= 15 is 0 Å². The number of nitrogens with zero attached hydrogens (tertiary/aromatic N) is 2. The summed E-state index contributed by atoms with van der Waals surface area (Å²) in [5.74, 6) is 0. The smallest absolute Gasteiger partial charge is 0.122 e. The van der Waals surface area contributed by atoms with Crippen LogP contribution in [0.25, 0.3) is 0 Å². The average Bonchev–Trinajstić information content (AvgIpc) is 2.34. The van der Waals surface area contributed by atoms with Crippen molar-refractivity contribution < 1.29 is 0 Å². The highest BCUT2D eigenvalue weighted by Gasteiger charge is 2.13. The quantitative estimate of drug-likeness (QED) is 0.433. The monoisotopic (exact) mass is 294 g/mol. The van der Waals surface area contributed by atoms with Gasteiger partial charge in [0.05, 0.1) is 16.2 Å². The van der Waals surface area contributed by atoms with Crippen LogP contribution in [0.3, 0.4) is 0 Å². The predicted octanol–water partition coefficient (Wildman–Crippen LogP) is 4.06. The van der Waals surface area contributed by atoms with Gasteiger partial charge in [-0.3, -0.25) is 0 Å². The zero-order chi connectivity index (χ0) is 13.5. The number of H-pyrrole nitrogens is 1. The van der Waals surface area contributed by atoms with Crippen LogP contribution in [0.2, 0.25) is 0 Å². The van der Waals surface area contributed by atoms with E-state index < -0.39 is 0 Å². The highest BCUT2D eigenvalue weighted by atomic mass is 32.1. The van der Waals surface area contributed by atoms with Crippen molar-refractivity contribution in [2.75, 3.05) is 0 Å². The number of rotatable bonds is 5. The van der Waals surface area contributed by atoms with Gasteiger partial charge in [-0.25, -0.2) is 0 Å². The molecule has 0 aromatic carbocycles. The molecule has 6 heteroatoms. The van der Waals surface area contributed by atoms with Gasteiger partial charge < -0.3 is 11.1 Å². The minimum atomic E-state index is 0. The van der Waals surface area contributed by atoms with Crippen LogP contribution in [-0.4, -0.2) is 4.98 Å². The maximum atomic E-state index is 9.15. The number of nitrogens with one attached hydrogen (secondary N) is 1. The molecule has 0 fully saturated rings. The van der Waals surface area contributed by atoms with Crippen molar-refractivity contribution in [1.82, 2.24) is 11.1 Å². The van der Waals surface area contributed by atoms with Gasteiger partial charge in [0.25, 0.3) is 0 Å². The summed E-state index contributed by atoms with van der Waals surface area (Å²) < 4.78 is 0.368. The molecule has 0 amide bonds. The van der Waals surface area contributed by atoms with Crippen molar-refractivity contribution in [3.8, 4) is 12.1 Å². The Kier molecular flexibility index (Phi) is 8.09. The summed E-state index contributed by atoms with van der Waals surface area (Å²) in [5.41, 5.74) is 1.60. The van der Waals surface area contributed by atoms with Crippen molar-refractivity contribution in [2.45, 2.75) is 44.1 Å². The lowest BCUT2D eigenvalue weighted by atomic mass is 9.99. The van der Waals surface area contributed by atoms with Gasteiger partial charge in [0, 0.05) is 0 Å². The first-order chi connectivity index (χ1) is 8.65. The molecule has 0 unspecified atom stereocenters. The molecule has 1 rings (SSSR count). The molecular weight excluding hydrogens is 276 g/mol. The minimum Gasteiger partial charge on any atom is -0.344 e. The SMILES string of the molecule is CCCCCCc1c(C#N)c(S)[nH]c(=S)c1C#N.N. The molecule has 0 saturated heterocycles. The molecule has 0 bridgehead atoms. The fourth-order valence-corrected chi connectivity index (χ4v) is 2.50. The number of hydrogen-bond donors (Lipinski definition) is 3. The molecule has 0 saturated carbocycles. The van der Waals surface area contributed by atoms with E-state index in [-0.39, 0.29) is 6.15 Å². The fourth-order valence-electron chi connectivity index (χ4n) is 1.85. The third kappa shape index (κ3) is 4.36. The molecule has 0 aliphatic carbocycles. The first-order valence-corrected chi connectivity index (χ1v) is 6.79. The topological polar surface area (TPSA) is 98.4 Å². The summed E-state index contributed by atoms with van der Waals surface area (Å²) in [7, 11) is 0. The van der Waals surface area contributed by atoms with Crippen LogP contribution in [-0.2, 0) is 6.42 Å². The van der Waals surface area contributed by atoms with Gasteiger partial charge in [-0.05, 0) is 18.4 Å². The minimum absolute atomic E-state index is 0. The summed E-state index contributed by atoms with van der Waals surface area (Å²) in [5, 5.41) is 18.7. The standard InChI is InChI=1S/C13H15N3S2.H3N/c1-2-3-4-5-6-9-10(7-14)12(17)16-13(18)11(9)8-15;/h2-6H2,1H3,(H2,16,17,18);1H3. The zero-order valence-electron chi connectivity index (χ0n) is 11.0. The van der Waals surface area contributed by atoms with Crippen LogP contribution in [0.1, 0.15) is 49.3 Å². The van der Waals surface area contributed by atoms with Crippen molar-refractivity contribution in [1.29, 1.82) is 10.5 Å². The fraction of sp³-hybridized carbons (Fsp3) is 0.462. The molecule has 1 aromatic rings. The van der Waals surface area contributed by atoms with Gasteiger partial charge in [0.15, 0.2) is 0 Å². The zero-order valence-corrected chi connectivity index (χ0v) is 12.7. The molecular formula is C13H18N4S2. The van der Waals surface area contributed by atoms with Gasteiger partial charge in [0.1, 0.15) is 16.8 Å². The van der Waals surface area contributed by atoms with E-state index in [9.17, 15) is 0 Å². The van der Waals surface area contributed by atoms with E-state index in [0.29, 0.717) is 27.2 Å². The van der Waals surface area contributed by atoms with Crippen LogP contribution >= 0.6 is 24.8 Å². The Hall–Kier alpha value is -1.34. The van der Waals surface area contributed by atoms with Gasteiger partial charge in [-0.1, -0.05) is 38.4 Å². The Bertz CT molecular complexity index is 564. The van der Waals surface area contributed by atoms with E-state index in [0.717, 1.165) is 31.2 Å². The van der Waals surface area contributed by atoms with Crippen LogP contribution in [0.15, 0.2) is 5.03 Å². The van der Waals surface area contributed by atoms with E-state index in [1.807, 2.05) is 0 Å². The van der Waals surface area contributed by atoms with Crippen molar-refractivity contribution in [2.24, 2.45) is 0 Å². The Labute approximate surface area is 124 Å². The van der Waals surface area contributed by atoms with Crippen molar-refractivity contribution in [3.63, 3.8) is 0 Å². The number of nitriles is 2. The van der Waals surface area contributed by atoms with Crippen molar-refractivity contribution >= 4 is 24.8 Å². The summed E-state index contributed by atoms with van der Waals surface area (Å²) in [4.78, 5) is 2.79. The third-order valence-electron chi connectivity index (χ3n) is 2.80. The number of aromatic nitrogens is 1. The molecule has 0 radical (unpaired) electrons. The number of pyridine rings is 1. The van der Waals surface area contributed by atoms with Gasteiger partial charge >= 0.3 is 0 Å². The van der Waals surface area contributed by atoms with Gasteiger partial charge in [-0.2, -0.15) is 10.5 Å². The summed E-state index contributed by atoms with van der Waals surface area (Å²) in [6.07, 6.45) is 5.08. The normalized spacial score (nSPS) is 9.26. The Balaban J connectivity index is 0.00000324. The molecule has 1 aromatic heterocycles. The maximum absolute atomic E-state index is 9.15. The van der Waals surface area contributed by atoms with Crippen LogP contribution in [0.4, 0.5) is 0 Å². The predicted molar refractivity (Wildman–Crippen MR) is 81.2 cm³/mol. The van der Waals surface area contributed by atoms with Gasteiger partial charge in [0.2, 0.25) is 0 Å². The number of hydrogen-bond acceptors (Lipinski definition) is 5. The summed E-state index contributed by atoms with van der Waals surface area (Å²) in [6.45, 7) is 2.14. The molecule has 0 spiro atoms. The van der Waals surface area contributed by atoms with Crippen molar-refractivity contribution in [3.05, 3.63) is 21.3 Å². The maximum Gasteiger partial charge on any atom is 0.122 e. The molecule has 4 nitrogen and oxygen atoms in total. The Morgan fingerprint density at radius 3 is 2.32 bits per heavy atom. The second-order valence-corrected chi connectivity index (χ2v) is 4.92. The molecule has 1 heterocycles. The second kappa shape index (κ2) is 8.71. The first kappa shape index (κ1) is 17.7. The molecule has 0 aliphatic heterocycles. The lowest BCUT2D eigenvalue weighted by Crippen LogP contribution is -2.01. The van der Waals surface area contributed by atoms with Gasteiger partial charge in [-0.15, -0.1) is 12.6 Å². The lowest BCUT2D eigenvalue weighted by molar-refractivity contribution is 0.664. The van der Waals surface area contributed by atoms with E-state index in [4.69, 9.17) is 22.7 Å². The molecule has 19 heavy (non-hydrogen) atoms. The number of thiol groups is 1. The highest BCUT2D eigenvalue weighted by molar-refractivity contribution is 7.80. The average molecular weight is 294 g/mol. The Morgan fingerprint density at radius 1 is 1.16 bits per heavy atom. The molecule has 0 aliphatic rings. The number of unbranched alkanes of at least 4 members (excludes halogenated alkanes) is 3. The van der Waals surface area contributed by atoms with E-state index in [1.54, 1.807) is 0 Å². The summed E-state index contributed by atoms with van der Waals surface area (Å²) >= 11 is 9.31. The largest absolute Gasteiger partial charge is 0.344 e. The number of aromatic amines is 1. The lowest BCUT2D eigenvalue weighted by Gasteiger charge is -2.08. The van der Waals surface area contributed by atoms with Crippen LogP contribution < -0.4 is 6.15 Å². The molecule has 102 valence electrons. The van der Waals surface area contributed by atoms with Crippen LogP contribution in [0, 0.1) is 27.3 Å².